The molecule has 0 bridgehead atoms. The minimum atomic E-state index is -0.177. The van der Waals surface area contributed by atoms with Crippen molar-refractivity contribution in [2.75, 3.05) is 0 Å². The van der Waals surface area contributed by atoms with Crippen molar-refractivity contribution in [3.63, 3.8) is 0 Å². The molecule has 15 heavy (non-hydrogen) atoms. The third kappa shape index (κ3) is 2.34. The van der Waals surface area contributed by atoms with Crippen LogP contribution in [0, 0.1) is 3.57 Å². The van der Waals surface area contributed by atoms with Crippen LogP contribution in [0.25, 0.3) is 11.6 Å². The molecule has 2 rings (SSSR count). The average molecular weight is 446 g/mol. The molecule has 0 fully saturated rings. The molecular formula is C8H3Br2IN2O2. The maximum atomic E-state index is 11.3. The first-order valence-electron chi connectivity index (χ1n) is 3.78. The summed E-state index contributed by atoms with van der Waals surface area (Å²) in [5.41, 5.74) is -0.177. The summed E-state index contributed by atoms with van der Waals surface area (Å²) in [5.74, 6) is 0.911. The Labute approximate surface area is 115 Å². The summed E-state index contributed by atoms with van der Waals surface area (Å²) < 4.78 is 7.22. The number of halogens is 3. The van der Waals surface area contributed by atoms with Crippen LogP contribution in [0.3, 0.4) is 0 Å². The van der Waals surface area contributed by atoms with Crippen LogP contribution >= 0.6 is 54.5 Å². The second-order valence-electron chi connectivity index (χ2n) is 2.64. The predicted molar refractivity (Wildman–Crippen MR) is 70.7 cm³/mol. The van der Waals surface area contributed by atoms with Crippen LogP contribution in [0.15, 0.2) is 30.6 Å². The zero-order valence-electron chi connectivity index (χ0n) is 7.05. The van der Waals surface area contributed by atoms with Crippen molar-refractivity contribution in [3.8, 4) is 11.6 Å². The normalized spacial score (nSPS) is 10.6. The molecule has 0 atom stereocenters. The summed E-state index contributed by atoms with van der Waals surface area (Å²) in [6.07, 6.45) is 1.50. The summed E-state index contributed by atoms with van der Waals surface area (Å²) >= 11 is 8.41. The number of aromatic nitrogens is 2. The fraction of sp³-hybridized carbons (Fsp3) is 0. The third-order valence-corrected chi connectivity index (χ3v) is 4.11. The highest BCUT2D eigenvalue weighted by Gasteiger charge is 2.10. The van der Waals surface area contributed by atoms with Crippen LogP contribution in [0.4, 0.5) is 0 Å². The zero-order valence-corrected chi connectivity index (χ0v) is 12.4. The molecule has 0 aliphatic rings. The highest BCUT2D eigenvalue weighted by atomic mass is 127. The molecule has 7 heteroatoms. The first-order chi connectivity index (χ1) is 7.08. The lowest BCUT2D eigenvalue weighted by atomic mass is 10.4. The molecule has 0 aliphatic carbocycles. The number of furan rings is 1. The summed E-state index contributed by atoms with van der Waals surface area (Å²) in [4.78, 5) is 18.0. The van der Waals surface area contributed by atoms with Crippen molar-refractivity contribution in [2.45, 2.75) is 0 Å². The van der Waals surface area contributed by atoms with Crippen LogP contribution in [0.5, 0.6) is 0 Å². The molecule has 0 spiro atoms. The molecule has 2 heterocycles. The Kier molecular flexibility index (Phi) is 3.31. The molecule has 4 nitrogen and oxygen atoms in total. The van der Waals surface area contributed by atoms with E-state index in [4.69, 9.17) is 4.42 Å². The van der Waals surface area contributed by atoms with Crippen molar-refractivity contribution in [2.24, 2.45) is 0 Å². The van der Waals surface area contributed by atoms with E-state index in [1.807, 2.05) is 22.6 Å². The molecule has 0 amide bonds. The molecule has 2 aromatic rings. The van der Waals surface area contributed by atoms with E-state index in [9.17, 15) is 4.79 Å². The van der Waals surface area contributed by atoms with Gasteiger partial charge in [0.25, 0.3) is 5.56 Å². The third-order valence-electron chi connectivity index (χ3n) is 1.63. The quantitative estimate of drug-likeness (QED) is 0.686. The van der Waals surface area contributed by atoms with Gasteiger partial charge in [-0.3, -0.25) is 4.79 Å². The minimum Gasteiger partial charge on any atom is -0.445 e. The standard InChI is InChI=1S/C8H3Br2IN2O2/c9-3-1-5(15-6(3)10)7-12-2-4(11)8(14)13-7/h1-2H,(H,12,13,14). The van der Waals surface area contributed by atoms with E-state index in [1.54, 1.807) is 6.07 Å². The number of hydrogen-bond acceptors (Lipinski definition) is 3. The van der Waals surface area contributed by atoms with Crippen LogP contribution in [-0.2, 0) is 0 Å². The predicted octanol–water partition coefficient (Wildman–Crippen LogP) is 3.16. The van der Waals surface area contributed by atoms with Gasteiger partial charge in [-0.1, -0.05) is 0 Å². The average Bonchev–Trinajstić information content (AvgIpc) is 2.52. The maximum Gasteiger partial charge on any atom is 0.264 e. The Hall–Kier alpha value is -0.150. The molecule has 0 saturated carbocycles. The Morgan fingerprint density at radius 1 is 1.47 bits per heavy atom. The molecule has 0 aliphatic heterocycles. The van der Waals surface area contributed by atoms with Gasteiger partial charge in [0.1, 0.15) is 0 Å². The Bertz CT molecular complexity index is 545. The van der Waals surface area contributed by atoms with Gasteiger partial charge in [0.05, 0.1) is 8.04 Å². The number of rotatable bonds is 1. The molecule has 2 aromatic heterocycles. The zero-order chi connectivity index (χ0) is 11.0. The van der Waals surface area contributed by atoms with Gasteiger partial charge in [-0.2, -0.15) is 0 Å². The van der Waals surface area contributed by atoms with E-state index in [0.29, 0.717) is 19.8 Å². The second-order valence-corrected chi connectivity index (χ2v) is 5.38. The molecule has 0 radical (unpaired) electrons. The van der Waals surface area contributed by atoms with Crippen LogP contribution in [-0.4, -0.2) is 9.97 Å². The van der Waals surface area contributed by atoms with Gasteiger partial charge in [-0.25, -0.2) is 4.98 Å². The van der Waals surface area contributed by atoms with E-state index in [1.165, 1.54) is 6.20 Å². The lowest BCUT2D eigenvalue weighted by Gasteiger charge is -1.95. The summed E-state index contributed by atoms with van der Waals surface area (Å²) in [7, 11) is 0. The largest absolute Gasteiger partial charge is 0.445 e. The highest BCUT2D eigenvalue weighted by molar-refractivity contribution is 14.1. The molecule has 1 N–H and O–H groups in total. The number of hydrogen-bond donors (Lipinski definition) is 1. The maximum absolute atomic E-state index is 11.3. The Morgan fingerprint density at radius 3 is 2.73 bits per heavy atom. The highest BCUT2D eigenvalue weighted by Crippen LogP contribution is 2.30. The van der Waals surface area contributed by atoms with E-state index in [-0.39, 0.29) is 5.56 Å². The molecule has 0 saturated heterocycles. The Balaban J connectivity index is 2.54. The van der Waals surface area contributed by atoms with Crippen molar-refractivity contribution >= 4 is 54.5 Å². The first-order valence-corrected chi connectivity index (χ1v) is 6.44. The van der Waals surface area contributed by atoms with E-state index < -0.39 is 0 Å². The Morgan fingerprint density at radius 2 is 2.20 bits per heavy atom. The fourth-order valence-corrected chi connectivity index (χ4v) is 1.82. The summed E-state index contributed by atoms with van der Waals surface area (Å²) in [6.45, 7) is 0. The smallest absolute Gasteiger partial charge is 0.264 e. The first kappa shape index (κ1) is 11.3. The second kappa shape index (κ2) is 4.38. The van der Waals surface area contributed by atoms with Gasteiger partial charge in [-0.15, -0.1) is 0 Å². The van der Waals surface area contributed by atoms with Crippen LogP contribution in [0.2, 0.25) is 0 Å². The fourth-order valence-electron chi connectivity index (χ4n) is 0.968. The minimum absolute atomic E-state index is 0.177. The topological polar surface area (TPSA) is 58.9 Å². The van der Waals surface area contributed by atoms with Gasteiger partial charge in [-0.05, 0) is 54.5 Å². The van der Waals surface area contributed by atoms with Crippen LogP contribution in [0.1, 0.15) is 0 Å². The van der Waals surface area contributed by atoms with Gasteiger partial charge in [0.2, 0.25) is 0 Å². The molecular weight excluding hydrogens is 443 g/mol. The van der Waals surface area contributed by atoms with E-state index in [2.05, 4.69) is 41.8 Å². The molecule has 78 valence electrons. The van der Waals surface area contributed by atoms with Crippen molar-refractivity contribution in [1.29, 1.82) is 0 Å². The van der Waals surface area contributed by atoms with Gasteiger partial charge < -0.3 is 9.40 Å². The molecule has 0 unspecified atom stereocenters. The van der Waals surface area contributed by atoms with Gasteiger partial charge in [0.15, 0.2) is 16.3 Å². The number of nitrogens with zero attached hydrogens (tertiary/aromatic N) is 1. The van der Waals surface area contributed by atoms with Crippen molar-refractivity contribution < 1.29 is 4.42 Å². The lowest BCUT2D eigenvalue weighted by Crippen LogP contribution is -2.11. The van der Waals surface area contributed by atoms with E-state index >= 15 is 0 Å². The number of nitrogens with one attached hydrogen (secondary N) is 1. The van der Waals surface area contributed by atoms with Gasteiger partial charge >= 0.3 is 0 Å². The summed E-state index contributed by atoms with van der Waals surface area (Å²) in [5, 5.41) is 0. The van der Waals surface area contributed by atoms with Crippen molar-refractivity contribution in [1.82, 2.24) is 9.97 Å². The van der Waals surface area contributed by atoms with Crippen LogP contribution < -0.4 is 5.56 Å². The SMILES string of the molecule is O=c1[nH]c(-c2cc(Br)c(Br)o2)ncc1I. The molecule has 0 aromatic carbocycles. The van der Waals surface area contributed by atoms with Crippen molar-refractivity contribution in [3.05, 3.63) is 35.3 Å². The number of aromatic amines is 1. The lowest BCUT2D eigenvalue weighted by molar-refractivity contribution is 0.549. The monoisotopic (exact) mass is 444 g/mol. The van der Waals surface area contributed by atoms with Gasteiger partial charge in [0, 0.05) is 12.3 Å². The summed E-state index contributed by atoms with van der Waals surface area (Å²) in [6, 6.07) is 1.73. The van der Waals surface area contributed by atoms with E-state index in [0.717, 1.165) is 4.47 Å². The number of H-pyrrole nitrogens is 1.